The summed E-state index contributed by atoms with van der Waals surface area (Å²) in [5, 5.41) is 10.1. The predicted octanol–water partition coefficient (Wildman–Crippen LogP) is 1.47. The second-order valence-electron chi connectivity index (χ2n) is 15.5. The number of carbonyl (C=O) groups excluding carboxylic acids is 4. The minimum Gasteiger partial charge on any atom is -0.353 e. The Labute approximate surface area is 284 Å². The number of amides is 5. The average Bonchev–Trinajstić information content (AvgIpc) is 3.38. The van der Waals surface area contributed by atoms with Crippen LogP contribution in [-0.4, -0.2) is 124 Å². The number of rotatable bonds is 14. The summed E-state index contributed by atoms with van der Waals surface area (Å²) in [4.78, 5) is 54.6. The van der Waals surface area contributed by atoms with E-state index >= 15 is 0 Å². The van der Waals surface area contributed by atoms with Gasteiger partial charge in [-0.1, -0.05) is 41.5 Å². The van der Waals surface area contributed by atoms with Crippen molar-refractivity contribution in [2.75, 3.05) is 38.7 Å². The number of likely N-dealkylation sites (tertiary alicyclic amines) is 1. The fraction of sp³-hybridized carbons (Fsp3) is 0.867. The van der Waals surface area contributed by atoms with Gasteiger partial charge in [0.15, 0.2) is 9.84 Å². The van der Waals surface area contributed by atoms with Gasteiger partial charge in [0.1, 0.15) is 18.1 Å². The molecule has 18 heteroatoms. The molecule has 1 rings (SSSR count). The van der Waals surface area contributed by atoms with Gasteiger partial charge in [0, 0.05) is 39.1 Å². The molecule has 0 aromatic heterocycles. The predicted molar refractivity (Wildman–Crippen MR) is 179 cm³/mol. The van der Waals surface area contributed by atoms with Gasteiger partial charge in [-0.15, -0.1) is 0 Å². The molecule has 0 aliphatic carbocycles. The third-order valence-corrected chi connectivity index (χ3v) is 12.1. The summed E-state index contributed by atoms with van der Waals surface area (Å²) in [7, 11) is -5.76. The summed E-state index contributed by atoms with van der Waals surface area (Å²) in [6.45, 7) is 14.8. The van der Waals surface area contributed by atoms with Crippen molar-refractivity contribution < 1.29 is 44.8 Å². The average molecular weight is 731 g/mol. The fourth-order valence-electron chi connectivity index (χ4n) is 4.79. The van der Waals surface area contributed by atoms with Crippen LogP contribution in [0.2, 0.25) is 0 Å². The van der Waals surface area contributed by atoms with E-state index in [9.17, 15) is 44.8 Å². The molecule has 14 nitrogen and oxygen atoms in total. The molecule has 280 valence electrons. The van der Waals surface area contributed by atoms with Crippen LogP contribution >= 0.6 is 0 Å². The Hall–Kier alpha value is -2.60. The van der Waals surface area contributed by atoms with Crippen molar-refractivity contribution in [2.45, 2.75) is 117 Å². The quantitative estimate of drug-likeness (QED) is 0.207. The van der Waals surface area contributed by atoms with Gasteiger partial charge in [0.25, 0.3) is 0 Å². The number of carbonyl (C=O) groups is 4. The lowest BCUT2D eigenvalue weighted by Gasteiger charge is -2.37. The van der Waals surface area contributed by atoms with Crippen LogP contribution in [0, 0.1) is 10.8 Å². The first-order chi connectivity index (χ1) is 21.5. The zero-order valence-electron chi connectivity index (χ0n) is 30.1. The van der Waals surface area contributed by atoms with Crippen molar-refractivity contribution in [1.82, 2.24) is 30.5 Å². The molecule has 0 radical (unpaired) electrons. The van der Waals surface area contributed by atoms with Crippen molar-refractivity contribution >= 4 is 43.6 Å². The van der Waals surface area contributed by atoms with Gasteiger partial charge in [0.2, 0.25) is 34.2 Å². The second kappa shape index (κ2) is 16.4. The summed E-state index contributed by atoms with van der Waals surface area (Å²) < 4.78 is 75.6. The van der Waals surface area contributed by atoms with Gasteiger partial charge in [-0.25, -0.2) is 34.7 Å². The molecule has 0 aromatic rings. The number of sulfonamides is 1. The van der Waals surface area contributed by atoms with Crippen LogP contribution in [0.3, 0.4) is 0 Å². The molecule has 4 N–H and O–H groups in total. The van der Waals surface area contributed by atoms with Crippen LogP contribution < -0.4 is 21.3 Å². The molecule has 1 heterocycles. The van der Waals surface area contributed by atoms with Gasteiger partial charge in [-0.3, -0.25) is 14.4 Å². The SMILES string of the molecule is CN(C[C@@H](NC(=O)N[C@H](C(=O)N1CCC[C@H]1C(=O)N[C@@H](CC(F)F)C(=O)NCCS(=O)(=O)C(C)(C)C)C(C)(C)C)C(C)(C)C)S(C)(=O)=O. The Morgan fingerprint density at radius 3 is 1.92 bits per heavy atom. The minimum absolute atomic E-state index is 0.0297. The molecule has 1 fully saturated rings. The maximum absolute atomic E-state index is 13.9. The highest BCUT2D eigenvalue weighted by Crippen LogP contribution is 2.27. The van der Waals surface area contributed by atoms with E-state index in [2.05, 4.69) is 21.3 Å². The van der Waals surface area contributed by atoms with Crippen molar-refractivity contribution in [3.8, 4) is 0 Å². The summed E-state index contributed by atoms with van der Waals surface area (Å²) >= 11 is 0. The zero-order chi connectivity index (χ0) is 37.6. The molecule has 4 atom stereocenters. The fourth-order valence-corrected chi connectivity index (χ4v) is 6.20. The van der Waals surface area contributed by atoms with E-state index in [0.29, 0.717) is 6.42 Å². The maximum atomic E-state index is 13.9. The highest BCUT2D eigenvalue weighted by Gasteiger charge is 2.43. The smallest absolute Gasteiger partial charge is 0.315 e. The number of halogens is 2. The number of nitrogens with one attached hydrogen (secondary N) is 4. The third kappa shape index (κ3) is 13.0. The van der Waals surface area contributed by atoms with Crippen molar-refractivity contribution in [3.05, 3.63) is 0 Å². The summed E-state index contributed by atoms with van der Waals surface area (Å²) in [6, 6.07) is -5.33. The Morgan fingerprint density at radius 2 is 1.46 bits per heavy atom. The van der Waals surface area contributed by atoms with Crippen LogP contribution in [0.15, 0.2) is 0 Å². The van der Waals surface area contributed by atoms with Crippen molar-refractivity contribution in [1.29, 1.82) is 0 Å². The number of urea groups is 1. The molecular formula is C30H56F2N6O8S2. The zero-order valence-corrected chi connectivity index (χ0v) is 31.7. The van der Waals surface area contributed by atoms with Crippen LogP contribution in [0.25, 0.3) is 0 Å². The van der Waals surface area contributed by atoms with Crippen LogP contribution in [-0.2, 0) is 34.2 Å². The molecule has 1 saturated heterocycles. The Bertz CT molecular complexity index is 1370. The van der Waals surface area contributed by atoms with E-state index in [1.807, 2.05) is 20.8 Å². The lowest BCUT2D eigenvalue weighted by atomic mass is 9.85. The summed E-state index contributed by atoms with van der Waals surface area (Å²) in [5.41, 5.74) is -1.43. The lowest BCUT2D eigenvalue weighted by molar-refractivity contribution is -0.142. The van der Waals surface area contributed by atoms with Crippen LogP contribution in [0.4, 0.5) is 13.6 Å². The van der Waals surface area contributed by atoms with Gasteiger partial charge < -0.3 is 26.2 Å². The molecule has 1 aliphatic heterocycles. The van der Waals surface area contributed by atoms with Crippen LogP contribution in [0.1, 0.15) is 81.6 Å². The van der Waals surface area contributed by atoms with Crippen molar-refractivity contribution in [3.63, 3.8) is 0 Å². The van der Waals surface area contributed by atoms with E-state index < -0.39 is 102 Å². The van der Waals surface area contributed by atoms with Crippen molar-refractivity contribution in [2.24, 2.45) is 10.8 Å². The monoisotopic (exact) mass is 730 g/mol. The van der Waals surface area contributed by atoms with E-state index in [-0.39, 0.29) is 26.1 Å². The minimum atomic E-state index is -3.60. The number of alkyl halides is 2. The van der Waals surface area contributed by atoms with Gasteiger partial charge >= 0.3 is 6.03 Å². The van der Waals surface area contributed by atoms with Gasteiger partial charge in [0.05, 0.1) is 16.8 Å². The lowest BCUT2D eigenvalue weighted by Crippen LogP contribution is -2.62. The van der Waals surface area contributed by atoms with E-state index in [1.165, 1.54) is 32.7 Å². The second-order valence-corrected chi connectivity index (χ2v) is 20.4. The molecule has 0 aromatic carbocycles. The Morgan fingerprint density at radius 1 is 0.896 bits per heavy atom. The number of likely N-dealkylation sites (N-methyl/N-ethyl adjacent to an activating group) is 1. The molecule has 0 spiro atoms. The van der Waals surface area contributed by atoms with E-state index in [1.54, 1.807) is 20.8 Å². The van der Waals surface area contributed by atoms with Crippen LogP contribution in [0.5, 0.6) is 0 Å². The Balaban J connectivity index is 3.13. The molecule has 0 bridgehead atoms. The van der Waals surface area contributed by atoms with E-state index in [4.69, 9.17) is 0 Å². The number of sulfone groups is 1. The highest BCUT2D eigenvalue weighted by molar-refractivity contribution is 7.92. The summed E-state index contributed by atoms with van der Waals surface area (Å²) in [6.07, 6.45) is -2.38. The standard InChI is InChI=1S/C30H56F2N6O8S2/c1-28(2,3)21(18-37(10)47(11,43)44)35-27(42)36-23(29(4,5)6)26(41)38-15-12-13-20(38)25(40)34-19(17-22(31)32)24(39)33-14-16-48(45,46)30(7,8)9/h19-23H,12-18H2,1-11H3,(H,33,39)(H,34,40)(H2,35,36,42)/t19-,20-,21+,23+/m0/s1. The third-order valence-electron chi connectivity index (χ3n) is 8.23. The normalized spacial score (nSPS) is 18.3. The highest BCUT2D eigenvalue weighted by atomic mass is 32.2. The summed E-state index contributed by atoms with van der Waals surface area (Å²) in [5.74, 6) is -2.84. The maximum Gasteiger partial charge on any atom is 0.315 e. The molecule has 1 aliphatic rings. The molecule has 5 amide bonds. The molecular weight excluding hydrogens is 674 g/mol. The molecule has 48 heavy (non-hydrogen) atoms. The first-order valence-electron chi connectivity index (χ1n) is 15.9. The first kappa shape index (κ1) is 43.4. The first-order valence-corrected chi connectivity index (χ1v) is 19.4. The Kier molecular flexibility index (Phi) is 14.8. The van der Waals surface area contributed by atoms with Gasteiger partial charge in [-0.2, -0.15) is 0 Å². The van der Waals surface area contributed by atoms with Gasteiger partial charge in [-0.05, 0) is 44.4 Å². The molecule has 0 saturated carbocycles. The molecule has 0 unspecified atom stereocenters. The van der Waals surface area contributed by atoms with E-state index in [0.717, 1.165) is 10.6 Å². The topological polar surface area (TPSA) is 191 Å². The number of hydrogen-bond donors (Lipinski definition) is 4. The largest absolute Gasteiger partial charge is 0.353 e. The number of hydrogen-bond acceptors (Lipinski definition) is 8. The number of nitrogens with zero attached hydrogens (tertiary/aromatic N) is 2.